The molecule has 2 N–H and O–H groups in total. The van der Waals surface area contributed by atoms with Gasteiger partial charge in [0.25, 0.3) is 0 Å². The van der Waals surface area contributed by atoms with Crippen LogP contribution in [0.25, 0.3) is 0 Å². The molecule has 0 amide bonds. The fourth-order valence-electron chi connectivity index (χ4n) is 1.86. The third-order valence-electron chi connectivity index (χ3n) is 2.84. The van der Waals surface area contributed by atoms with E-state index in [1.165, 1.54) is 11.1 Å². The van der Waals surface area contributed by atoms with Gasteiger partial charge < -0.3 is 10.5 Å². The molecule has 0 radical (unpaired) electrons. The van der Waals surface area contributed by atoms with E-state index in [1.54, 1.807) is 4.68 Å². The third kappa shape index (κ3) is 4.08. The predicted octanol–water partition coefficient (Wildman–Crippen LogP) is 2.31. The van der Waals surface area contributed by atoms with Crippen LogP contribution < -0.4 is 10.5 Å². The summed E-state index contributed by atoms with van der Waals surface area (Å²) < 4.78 is 8.54. The number of benzene rings is 1. The molecule has 0 unspecified atom stereocenters. The fourth-order valence-corrected chi connectivity index (χ4v) is 2.40. The molecule has 0 saturated carbocycles. The minimum atomic E-state index is 0.639. The molecule has 0 atom stereocenters. The second-order valence-electron chi connectivity index (χ2n) is 4.42. The Balaban J connectivity index is 1.89. The van der Waals surface area contributed by atoms with Gasteiger partial charge in [-0.3, -0.25) is 4.68 Å². The maximum absolute atomic E-state index is 5.77. The summed E-state index contributed by atoms with van der Waals surface area (Å²) in [6.07, 6.45) is 5.60. The molecule has 0 bridgehead atoms. The normalized spacial score (nSPS) is 10.7. The number of hydrogen-bond donors (Lipinski definition) is 1. The molecule has 0 saturated heterocycles. The summed E-state index contributed by atoms with van der Waals surface area (Å²) in [6, 6.07) is 6.10. The Morgan fingerprint density at radius 3 is 2.79 bits per heavy atom. The number of aromatic nitrogens is 2. The van der Waals surface area contributed by atoms with Gasteiger partial charge in [0, 0.05) is 19.7 Å². The van der Waals surface area contributed by atoms with E-state index in [1.807, 2.05) is 25.5 Å². The number of nitrogens with two attached hydrogens (primary N) is 1. The van der Waals surface area contributed by atoms with Gasteiger partial charge in [0.15, 0.2) is 0 Å². The molecule has 1 aromatic carbocycles. The van der Waals surface area contributed by atoms with Crippen LogP contribution in [-0.2, 0) is 19.9 Å². The summed E-state index contributed by atoms with van der Waals surface area (Å²) >= 11 is 3.53. The van der Waals surface area contributed by atoms with Crippen molar-refractivity contribution in [3.63, 3.8) is 0 Å². The van der Waals surface area contributed by atoms with Crippen molar-refractivity contribution in [2.45, 2.75) is 12.8 Å². The van der Waals surface area contributed by atoms with Crippen LogP contribution in [0.2, 0.25) is 0 Å². The molecule has 4 nitrogen and oxygen atoms in total. The van der Waals surface area contributed by atoms with E-state index in [2.05, 4.69) is 33.2 Å². The van der Waals surface area contributed by atoms with Crippen LogP contribution in [0, 0.1) is 0 Å². The molecule has 1 aromatic heterocycles. The minimum absolute atomic E-state index is 0.639. The van der Waals surface area contributed by atoms with Crippen molar-refractivity contribution in [3.8, 4) is 5.75 Å². The van der Waals surface area contributed by atoms with Crippen LogP contribution in [0.3, 0.4) is 0 Å². The summed E-state index contributed by atoms with van der Waals surface area (Å²) in [7, 11) is 1.91. The second-order valence-corrected chi connectivity index (χ2v) is 5.28. The zero-order valence-electron chi connectivity index (χ0n) is 11.0. The molecule has 0 spiro atoms. The summed E-state index contributed by atoms with van der Waals surface area (Å²) in [5.74, 6) is 0.865. The van der Waals surface area contributed by atoms with Gasteiger partial charge >= 0.3 is 0 Å². The smallest absolute Gasteiger partial charge is 0.133 e. The van der Waals surface area contributed by atoms with Crippen LogP contribution in [-0.4, -0.2) is 22.9 Å². The molecule has 102 valence electrons. The van der Waals surface area contributed by atoms with E-state index >= 15 is 0 Å². The molecular weight excluding hydrogens is 306 g/mol. The van der Waals surface area contributed by atoms with Crippen LogP contribution in [0.4, 0.5) is 0 Å². The van der Waals surface area contributed by atoms with Crippen molar-refractivity contribution in [2.24, 2.45) is 12.8 Å². The Labute approximate surface area is 121 Å². The van der Waals surface area contributed by atoms with Crippen molar-refractivity contribution in [1.82, 2.24) is 9.78 Å². The van der Waals surface area contributed by atoms with Gasteiger partial charge in [-0.2, -0.15) is 5.10 Å². The van der Waals surface area contributed by atoms with Gasteiger partial charge in [-0.05, 0) is 52.2 Å². The largest absolute Gasteiger partial charge is 0.492 e. The molecular formula is C14H18BrN3O. The number of hydrogen-bond acceptors (Lipinski definition) is 3. The van der Waals surface area contributed by atoms with Gasteiger partial charge in [-0.1, -0.05) is 6.07 Å². The molecule has 2 aromatic rings. The number of halogens is 1. The Morgan fingerprint density at radius 2 is 2.16 bits per heavy atom. The van der Waals surface area contributed by atoms with Crippen molar-refractivity contribution in [2.75, 3.05) is 13.2 Å². The van der Waals surface area contributed by atoms with Gasteiger partial charge in [-0.25, -0.2) is 0 Å². The molecule has 19 heavy (non-hydrogen) atoms. The van der Waals surface area contributed by atoms with Gasteiger partial charge in [0.05, 0.1) is 17.3 Å². The molecule has 0 aliphatic rings. The lowest BCUT2D eigenvalue weighted by molar-refractivity contribution is 0.320. The van der Waals surface area contributed by atoms with Gasteiger partial charge in [-0.15, -0.1) is 0 Å². The Bertz CT molecular complexity index is 539. The van der Waals surface area contributed by atoms with Crippen LogP contribution in [0.1, 0.15) is 11.1 Å². The van der Waals surface area contributed by atoms with Crippen molar-refractivity contribution in [1.29, 1.82) is 0 Å². The quantitative estimate of drug-likeness (QED) is 0.887. The SMILES string of the molecule is Cn1cc(CCOc2ccc(CCN)cc2Br)cn1. The van der Waals surface area contributed by atoms with E-state index < -0.39 is 0 Å². The first kappa shape index (κ1) is 14.1. The highest BCUT2D eigenvalue weighted by molar-refractivity contribution is 9.10. The maximum atomic E-state index is 5.77. The molecule has 2 rings (SSSR count). The van der Waals surface area contributed by atoms with Crippen LogP contribution >= 0.6 is 15.9 Å². The Kier molecular flexibility index (Phi) is 4.99. The number of aryl methyl sites for hydroxylation is 1. The summed E-state index contributed by atoms with van der Waals surface area (Å²) in [4.78, 5) is 0. The Morgan fingerprint density at radius 1 is 1.32 bits per heavy atom. The first-order valence-electron chi connectivity index (χ1n) is 6.28. The van der Waals surface area contributed by atoms with E-state index in [9.17, 15) is 0 Å². The Hall–Kier alpha value is -1.33. The van der Waals surface area contributed by atoms with E-state index in [0.717, 1.165) is 23.1 Å². The second kappa shape index (κ2) is 6.73. The summed E-state index contributed by atoms with van der Waals surface area (Å²) in [5, 5.41) is 4.13. The maximum Gasteiger partial charge on any atom is 0.133 e. The monoisotopic (exact) mass is 323 g/mol. The van der Waals surface area contributed by atoms with Gasteiger partial charge in [0.2, 0.25) is 0 Å². The summed E-state index contributed by atoms with van der Waals surface area (Å²) in [5.41, 5.74) is 7.94. The van der Waals surface area contributed by atoms with E-state index in [0.29, 0.717) is 13.2 Å². The van der Waals surface area contributed by atoms with Crippen molar-refractivity contribution in [3.05, 3.63) is 46.2 Å². The standard InChI is InChI=1S/C14H18BrN3O/c1-18-10-12(9-17-18)5-7-19-14-3-2-11(4-6-16)8-13(14)15/h2-3,8-10H,4-7,16H2,1H3. The average Bonchev–Trinajstić information content (AvgIpc) is 2.78. The predicted molar refractivity (Wildman–Crippen MR) is 79.3 cm³/mol. The number of nitrogens with zero attached hydrogens (tertiary/aromatic N) is 2. The van der Waals surface area contributed by atoms with Crippen molar-refractivity contribution >= 4 is 15.9 Å². The topological polar surface area (TPSA) is 53.1 Å². The lowest BCUT2D eigenvalue weighted by atomic mass is 10.1. The molecule has 1 heterocycles. The number of ether oxygens (including phenoxy) is 1. The zero-order valence-corrected chi connectivity index (χ0v) is 12.6. The molecule has 5 heteroatoms. The lowest BCUT2D eigenvalue weighted by Gasteiger charge is -2.09. The molecule has 0 aliphatic carbocycles. The third-order valence-corrected chi connectivity index (χ3v) is 3.46. The van der Waals surface area contributed by atoms with Crippen LogP contribution in [0.5, 0.6) is 5.75 Å². The number of rotatable bonds is 6. The fraction of sp³-hybridized carbons (Fsp3) is 0.357. The van der Waals surface area contributed by atoms with E-state index in [4.69, 9.17) is 10.5 Å². The molecule has 0 fully saturated rings. The first-order valence-corrected chi connectivity index (χ1v) is 7.07. The van der Waals surface area contributed by atoms with E-state index in [-0.39, 0.29) is 0 Å². The highest BCUT2D eigenvalue weighted by Gasteiger charge is 2.03. The van der Waals surface area contributed by atoms with Crippen molar-refractivity contribution < 1.29 is 4.74 Å². The van der Waals surface area contributed by atoms with Crippen LogP contribution in [0.15, 0.2) is 35.1 Å². The highest BCUT2D eigenvalue weighted by atomic mass is 79.9. The average molecular weight is 324 g/mol. The van der Waals surface area contributed by atoms with Gasteiger partial charge in [0.1, 0.15) is 5.75 Å². The molecule has 0 aliphatic heterocycles. The summed E-state index contributed by atoms with van der Waals surface area (Å²) in [6.45, 7) is 1.30. The first-order chi connectivity index (χ1) is 9.19. The minimum Gasteiger partial charge on any atom is -0.492 e. The zero-order chi connectivity index (χ0) is 13.7. The lowest BCUT2D eigenvalue weighted by Crippen LogP contribution is -2.04. The highest BCUT2D eigenvalue weighted by Crippen LogP contribution is 2.26.